The fourth-order valence-corrected chi connectivity index (χ4v) is 3.17. The van der Waals surface area contributed by atoms with Gasteiger partial charge in [-0.15, -0.1) is 0 Å². The van der Waals surface area contributed by atoms with Crippen molar-refractivity contribution in [2.24, 2.45) is 4.99 Å². The quantitative estimate of drug-likeness (QED) is 0.779. The fourth-order valence-electron chi connectivity index (χ4n) is 1.91. The first kappa shape index (κ1) is 14.9. The standard InChI is InChI=1S/C16H11BrN2O2S/c17-11-4-1-3-10(7-11)8-14-15(21)19-16(22-14)18-12-5-2-6-13(20)9-12/h1-9,20H,(H,18,19,21)/b14-8-. The highest BCUT2D eigenvalue weighted by Gasteiger charge is 2.23. The summed E-state index contributed by atoms with van der Waals surface area (Å²) in [4.78, 5) is 16.9. The van der Waals surface area contributed by atoms with Gasteiger partial charge in [-0.3, -0.25) is 4.79 Å². The number of amidine groups is 1. The Morgan fingerprint density at radius 1 is 1.18 bits per heavy atom. The average Bonchev–Trinajstić information content (AvgIpc) is 2.79. The predicted molar refractivity (Wildman–Crippen MR) is 93.1 cm³/mol. The summed E-state index contributed by atoms with van der Waals surface area (Å²) in [7, 11) is 0. The van der Waals surface area contributed by atoms with E-state index >= 15 is 0 Å². The van der Waals surface area contributed by atoms with E-state index in [1.54, 1.807) is 18.2 Å². The normalized spacial score (nSPS) is 18.0. The van der Waals surface area contributed by atoms with E-state index in [0.29, 0.717) is 15.8 Å². The minimum Gasteiger partial charge on any atom is -0.508 e. The number of carbonyl (C=O) groups excluding carboxylic acids is 1. The molecule has 1 aliphatic rings. The summed E-state index contributed by atoms with van der Waals surface area (Å²) in [5.41, 5.74) is 1.53. The number of hydrogen-bond donors (Lipinski definition) is 2. The number of rotatable bonds is 2. The molecule has 3 rings (SSSR count). The van der Waals surface area contributed by atoms with Crippen LogP contribution in [0.1, 0.15) is 5.56 Å². The predicted octanol–water partition coefficient (Wildman–Crippen LogP) is 4.05. The molecule has 1 amide bonds. The van der Waals surface area contributed by atoms with Crippen LogP contribution in [-0.2, 0) is 4.79 Å². The van der Waals surface area contributed by atoms with E-state index in [0.717, 1.165) is 10.0 Å². The first-order valence-corrected chi connectivity index (χ1v) is 8.05. The lowest BCUT2D eigenvalue weighted by Gasteiger charge is -1.97. The maximum atomic E-state index is 12.0. The van der Waals surface area contributed by atoms with Gasteiger partial charge in [0.1, 0.15) is 5.75 Å². The van der Waals surface area contributed by atoms with Crippen molar-refractivity contribution in [3.63, 3.8) is 0 Å². The third-order valence-electron chi connectivity index (χ3n) is 2.86. The van der Waals surface area contributed by atoms with E-state index in [1.165, 1.54) is 17.8 Å². The number of nitrogens with zero attached hydrogens (tertiary/aromatic N) is 1. The number of hydrogen-bond acceptors (Lipinski definition) is 4. The highest BCUT2D eigenvalue weighted by atomic mass is 79.9. The molecule has 0 bridgehead atoms. The van der Waals surface area contributed by atoms with Crippen molar-refractivity contribution in [3.05, 3.63) is 63.5 Å². The summed E-state index contributed by atoms with van der Waals surface area (Å²) in [5.74, 6) is -0.0371. The van der Waals surface area contributed by atoms with E-state index in [4.69, 9.17) is 0 Å². The molecule has 2 N–H and O–H groups in total. The molecule has 1 fully saturated rings. The zero-order valence-electron chi connectivity index (χ0n) is 11.3. The Kier molecular flexibility index (Phi) is 4.31. The van der Waals surface area contributed by atoms with E-state index in [9.17, 15) is 9.90 Å². The summed E-state index contributed by atoms with van der Waals surface area (Å²) < 4.78 is 0.957. The monoisotopic (exact) mass is 374 g/mol. The van der Waals surface area contributed by atoms with Crippen molar-refractivity contribution in [1.82, 2.24) is 5.32 Å². The SMILES string of the molecule is O=C1NC(=Nc2cccc(O)c2)S/C1=C\c1cccc(Br)c1. The summed E-state index contributed by atoms with van der Waals surface area (Å²) in [6, 6.07) is 14.3. The molecule has 2 aromatic carbocycles. The molecule has 0 aromatic heterocycles. The van der Waals surface area contributed by atoms with Crippen molar-refractivity contribution in [3.8, 4) is 5.75 Å². The number of amides is 1. The van der Waals surface area contributed by atoms with Gasteiger partial charge >= 0.3 is 0 Å². The molecule has 1 saturated heterocycles. The number of aromatic hydroxyl groups is 1. The van der Waals surface area contributed by atoms with Crippen LogP contribution < -0.4 is 5.32 Å². The highest BCUT2D eigenvalue weighted by molar-refractivity contribution is 9.10. The van der Waals surface area contributed by atoms with E-state index in [1.807, 2.05) is 30.3 Å². The van der Waals surface area contributed by atoms with Crippen LogP contribution in [0.15, 0.2) is 62.9 Å². The lowest BCUT2D eigenvalue weighted by Crippen LogP contribution is -2.19. The van der Waals surface area contributed by atoms with Crippen LogP contribution in [0.3, 0.4) is 0 Å². The zero-order chi connectivity index (χ0) is 15.5. The molecular weight excluding hydrogens is 364 g/mol. The van der Waals surface area contributed by atoms with Crippen LogP contribution in [-0.4, -0.2) is 16.2 Å². The molecule has 22 heavy (non-hydrogen) atoms. The van der Waals surface area contributed by atoms with Crippen molar-refractivity contribution in [2.75, 3.05) is 0 Å². The molecule has 4 nitrogen and oxygen atoms in total. The second kappa shape index (κ2) is 6.37. The number of thioether (sulfide) groups is 1. The summed E-state index contributed by atoms with van der Waals surface area (Å²) in [5, 5.41) is 12.6. The van der Waals surface area contributed by atoms with Gasteiger partial charge < -0.3 is 10.4 Å². The van der Waals surface area contributed by atoms with Crippen molar-refractivity contribution < 1.29 is 9.90 Å². The molecular formula is C16H11BrN2O2S. The molecule has 2 aromatic rings. The van der Waals surface area contributed by atoms with Crippen molar-refractivity contribution in [2.45, 2.75) is 0 Å². The van der Waals surface area contributed by atoms with Gasteiger partial charge in [-0.05, 0) is 47.7 Å². The molecule has 110 valence electrons. The highest BCUT2D eigenvalue weighted by Crippen LogP contribution is 2.29. The first-order valence-electron chi connectivity index (χ1n) is 6.44. The number of nitrogens with one attached hydrogen (secondary N) is 1. The maximum Gasteiger partial charge on any atom is 0.264 e. The lowest BCUT2D eigenvalue weighted by molar-refractivity contribution is -0.115. The van der Waals surface area contributed by atoms with Gasteiger partial charge in [0.2, 0.25) is 0 Å². The smallest absolute Gasteiger partial charge is 0.264 e. The average molecular weight is 375 g/mol. The molecule has 0 atom stereocenters. The Morgan fingerprint density at radius 2 is 2.00 bits per heavy atom. The van der Waals surface area contributed by atoms with Gasteiger partial charge in [-0.1, -0.05) is 34.1 Å². The van der Waals surface area contributed by atoms with Gasteiger partial charge in [-0.2, -0.15) is 0 Å². The molecule has 0 radical (unpaired) electrons. The van der Waals surface area contributed by atoms with Gasteiger partial charge in [0.25, 0.3) is 5.91 Å². The summed E-state index contributed by atoms with van der Waals surface area (Å²) in [6.07, 6.45) is 1.82. The van der Waals surface area contributed by atoms with Crippen LogP contribution in [0.5, 0.6) is 5.75 Å². The van der Waals surface area contributed by atoms with Crippen LogP contribution in [0.4, 0.5) is 5.69 Å². The molecule has 0 unspecified atom stereocenters. The second-order valence-corrected chi connectivity index (χ2v) is 6.50. The van der Waals surface area contributed by atoms with Gasteiger partial charge in [0, 0.05) is 10.5 Å². The van der Waals surface area contributed by atoms with Crippen molar-refractivity contribution >= 4 is 50.5 Å². The number of aliphatic imine (C=N–C) groups is 1. The number of phenols is 1. The van der Waals surface area contributed by atoms with Crippen molar-refractivity contribution in [1.29, 1.82) is 0 Å². The van der Waals surface area contributed by atoms with Crippen LogP contribution in [0, 0.1) is 0 Å². The number of halogens is 1. The van der Waals surface area contributed by atoms with Gasteiger partial charge in [0.05, 0.1) is 10.6 Å². The topological polar surface area (TPSA) is 61.7 Å². The molecule has 0 aliphatic carbocycles. The minimum absolute atomic E-state index is 0.140. The molecule has 1 aliphatic heterocycles. The summed E-state index contributed by atoms with van der Waals surface area (Å²) in [6.45, 7) is 0. The van der Waals surface area contributed by atoms with E-state index in [-0.39, 0.29) is 11.7 Å². The molecule has 0 saturated carbocycles. The first-order chi connectivity index (χ1) is 10.6. The largest absolute Gasteiger partial charge is 0.508 e. The van der Waals surface area contributed by atoms with Gasteiger partial charge in [-0.25, -0.2) is 4.99 Å². The Morgan fingerprint density at radius 3 is 2.77 bits per heavy atom. The second-order valence-electron chi connectivity index (χ2n) is 4.56. The summed E-state index contributed by atoms with van der Waals surface area (Å²) >= 11 is 4.68. The van der Waals surface area contributed by atoms with Crippen LogP contribution in [0.2, 0.25) is 0 Å². The van der Waals surface area contributed by atoms with Crippen LogP contribution in [0.25, 0.3) is 6.08 Å². The van der Waals surface area contributed by atoms with Crippen LogP contribution >= 0.6 is 27.7 Å². The third kappa shape index (κ3) is 3.58. The third-order valence-corrected chi connectivity index (χ3v) is 4.26. The lowest BCUT2D eigenvalue weighted by atomic mass is 10.2. The minimum atomic E-state index is -0.177. The maximum absolute atomic E-state index is 12.0. The molecule has 1 heterocycles. The molecule has 6 heteroatoms. The number of phenolic OH excluding ortho intramolecular Hbond substituents is 1. The Hall–Kier alpha value is -2.05. The zero-order valence-corrected chi connectivity index (χ0v) is 13.7. The molecule has 0 spiro atoms. The Bertz CT molecular complexity index is 802. The number of benzene rings is 2. The number of carbonyl (C=O) groups is 1. The van der Waals surface area contributed by atoms with Gasteiger partial charge in [0.15, 0.2) is 5.17 Å². The van der Waals surface area contributed by atoms with E-state index in [2.05, 4.69) is 26.2 Å². The fraction of sp³-hybridized carbons (Fsp3) is 0. The Labute approximate surface area is 140 Å². The Balaban J connectivity index is 1.84. The van der Waals surface area contributed by atoms with E-state index < -0.39 is 0 Å².